The summed E-state index contributed by atoms with van der Waals surface area (Å²) < 4.78 is 17.8. The van der Waals surface area contributed by atoms with Gasteiger partial charge in [-0.3, -0.25) is 0 Å². The first-order chi connectivity index (χ1) is 16.5. The molecule has 0 saturated heterocycles. The lowest BCUT2D eigenvalue weighted by atomic mass is 10.1. The van der Waals surface area contributed by atoms with Crippen molar-refractivity contribution in [2.24, 2.45) is 0 Å². The number of H-pyrrole nitrogens is 1. The highest BCUT2D eigenvalue weighted by atomic mass is 16.5. The minimum absolute atomic E-state index is 0.240. The zero-order chi connectivity index (χ0) is 24.2. The van der Waals surface area contributed by atoms with Crippen LogP contribution in [0.15, 0.2) is 48.7 Å². The van der Waals surface area contributed by atoms with Gasteiger partial charge in [-0.1, -0.05) is 30.3 Å². The zero-order valence-electron chi connectivity index (χ0n) is 18.8. The van der Waals surface area contributed by atoms with Crippen LogP contribution in [0.25, 0.3) is 16.9 Å². The molecule has 0 aliphatic rings. The van der Waals surface area contributed by atoms with Crippen molar-refractivity contribution in [2.75, 3.05) is 26.6 Å². The molecule has 0 amide bonds. The van der Waals surface area contributed by atoms with Crippen molar-refractivity contribution < 1.29 is 24.1 Å². The third-order valence-electron chi connectivity index (χ3n) is 5.43. The molecule has 3 N–H and O–H groups in total. The van der Waals surface area contributed by atoms with E-state index in [9.17, 15) is 15.2 Å². The van der Waals surface area contributed by atoms with Crippen molar-refractivity contribution in [1.82, 2.24) is 14.6 Å². The average Bonchev–Trinajstić information content (AvgIpc) is 3.42. The molecule has 0 bridgehead atoms. The van der Waals surface area contributed by atoms with E-state index in [2.05, 4.69) is 21.5 Å². The van der Waals surface area contributed by atoms with Crippen LogP contribution in [0.5, 0.6) is 17.2 Å². The van der Waals surface area contributed by atoms with E-state index in [4.69, 9.17) is 14.2 Å². The third-order valence-corrected chi connectivity index (χ3v) is 5.43. The number of nitrogens with zero attached hydrogens (tertiary/aromatic N) is 3. The molecule has 0 aliphatic carbocycles. The molecule has 4 rings (SSSR count). The van der Waals surface area contributed by atoms with Crippen molar-refractivity contribution in [2.45, 2.75) is 12.5 Å². The summed E-state index contributed by atoms with van der Waals surface area (Å²) in [5, 5.41) is 26.8. The number of carbonyl (C=O) groups is 1. The number of aromatic amines is 1. The molecular weight excluding hydrogens is 438 g/mol. The van der Waals surface area contributed by atoms with Crippen LogP contribution in [0, 0.1) is 11.3 Å². The minimum Gasteiger partial charge on any atom is -0.493 e. The highest BCUT2D eigenvalue weighted by Crippen LogP contribution is 2.42. The Labute approximate surface area is 195 Å². The summed E-state index contributed by atoms with van der Waals surface area (Å²) in [6.07, 6.45) is 1.66. The number of carboxylic acid groups (broad SMARTS) is 1. The van der Waals surface area contributed by atoms with Crippen molar-refractivity contribution in [3.8, 4) is 34.6 Å². The minimum atomic E-state index is -1.03. The molecule has 1 atom stereocenters. The summed E-state index contributed by atoms with van der Waals surface area (Å²) in [6.45, 7) is 0. The van der Waals surface area contributed by atoms with Gasteiger partial charge in [0.2, 0.25) is 5.75 Å². The Morgan fingerprint density at radius 3 is 2.41 bits per heavy atom. The normalized spacial score (nSPS) is 11.6. The molecule has 2 aromatic heterocycles. The Kier molecular flexibility index (Phi) is 6.27. The van der Waals surface area contributed by atoms with Gasteiger partial charge in [0.25, 0.3) is 0 Å². The monoisotopic (exact) mass is 461 g/mol. The van der Waals surface area contributed by atoms with Gasteiger partial charge >= 0.3 is 5.97 Å². The van der Waals surface area contributed by atoms with E-state index >= 15 is 0 Å². The van der Waals surface area contributed by atoms with Crippen LogP contribution < -0.4 is 19.5 Å². The topological polar surface area (TPSA) is 134 Å². The maximum Gasteiger partial charge on any atom is 0.326 e. The lowest BCUT2D eigenvalue weighted by molar-refractivity contribution is -0.137. The maximum atomic E-state index is 12.1. The Morgan fingerprint density at radius 2 is 1.85 bits per heavy atom. The van der Waals surface area contributed by atoms with Crippen molar-refractivity contribution >= 4 is 17.4 Å². The number of hydrogen-bond acceptors (Lipinski definition) is 7. The number of rotatable bonds is 9. The van der Waals surface area contributed by atoms with Crippen LogP contribution in [0.1, 0.15) is 11.1 Å². The number of hydrogen-bond donors (Lipinski definition) is 3. The van der Waals surface area contributed by atoms with Crippen molar-refractivity contribution in [3.63, 3.8) is 0 Å². The van der Waals surface area contributed by atoms with Crippen LogP contribution in [0.4, 0.5) is 5.82 Å². The largest absolute Gasteiger partial charge is 0.493 e. The number of benzene rings is 2. The fourth-order valence-corrected chi connectivity index (χ4v) is 3.79. The van der Waals surface area contributed by atoms with E-state index in [1.807, 2.05) is 30.3 Å². The van der Waals surface area contributed by atoms with Gasteiger partial charge in [-0.2, -0.15) is 14.9 Å². The second-order valence-electron chi connectivity index (χ2n) is 7.42. The van der Waals surface area contributed by atoms with Gasteiger partial charge in [0.1, 0.15) is 17.7 Å². The summed E-state index contributed by atoms with van der Waals surface area (Å²) in [6, 6.07) is 13.9. The van der Waals surface area contributed by atoms with Crippen molar-refractivity contribution in [3.05, 3.63) is 59.8 Å². The highest BCUT2D eigenvalue weighted by molar-refractivity contribution is 5.84. The van der Waals surface area contributed by atoms with Gasteiger partial charge in [-0.05, 0) is 17.7 Å². The van der Waals surface area contributed by atoms with Crippen LogP contribution in [0.2, 0.25) is 0 Å². The predicted octanol–water partition coefficient (Wildman–Crippen LogP) is 3.33. The number of anilines is 1. The molecule has 0 aliphatic heterocycles. The molecule has 174 valence electrons. The summed E-state index contributed by atoms with van der Waals surface area (Å²) in [4.78, 5) is 15.3. The molecule has 2 aromatic carbocycles. The van der Waals surface area contributed by atoms with E-state index in [-0.39, 0.29) is 6.42 Å². The Balaban J connectivity index is 1.86. The van der Waals surface area contributed by atoms with Gasteiger partial charge in [0.15, 0.2) is 23.0 Å². The van der Waals surface area contributed by atoms with Gasteiger partial charge in [0.05, 0.1) is 33.2 Å². The number of nitrogens with one attached hydrogen (secondary N) is 2. The number of fused-ring (bicyclic) bond motifs is 1. The summed E-state index contributed by atoms with van der Waals surface area (Å²) in [5.74, 6) is 0.629. The molecule has 10 nitrogen and oxygen atoms in total. The molecule has 34 heavy (non-hydrogen) atoms. The highest BCUT2D eigenvalue weighted by Gasteiger charge is 2.25. The standard InChI is InChI=1S/C24H23N5O5/c1-32-18-10-15(11-19(33-2)21(18)34-3)20-23(29-22(28-20)16(12-25)13-26-29)27-17(24(30)31)9-14-7-5-4-6-8-14/h4-8,10-11,13,17,27-28H,9H2,1-3H3,(H,30,31). The van der Waals surface area contributed by atoms with E-state index < -0.39 is 12.0 Å². The lowest BCUT2D eigenvalue weighted by Crippen LogP contribution is -2.32. The molecule has 0 spiro atoms. The fourth-order valence-electron chi connectivity index (χ4n) is 3.79. The van der Waals surface area contributed by atoms with E-state index in [0.717, 1.165) is 5.56 Å². The molecule has 2 heterocycles. The fraction of sp³-hybridized carbons (Fsp3) is 0.208. The molecule has 0 fully saturated rings. The number of ether oxygens (including phenoxy) is 3. The first-order valence-electron chi connectivity index (χ1n) is 10.3. The molecule has 4 aromatic rings. The van der Waals surface area contributed by atoms with Gasteiger partial charge in [0, 0.05) is 12.0 Å². The molecule has 0 radical (unpaired) electrons. The Hall–Kier alpha value is -4.65. The van der Waals surface area contributed by atoms with Gasteiger partial charge in [-0.15, -0.1) is 0 Å². The van der Waals surface area contributed by atoms with E-state index in [0.29, 0.717) is 45.5 Å². The van der Waals surface area contributed by atoms with Crippen molar-refractivity contribution in [1.29, 1.82) is 5.26 Å². The number of aromatic nitrogens is 3. The first-order valence-corrected chi connectivity index (χ1v) is 10.3. The number of carboxylic acids is 1. The number of imidazole rings is 1. The summed E-state index contributed by atoms with van der Waals surface area (Å²) in [7, 11) is 4.53. The quantitative estimate of drug-likeness (QED) is 0.346. The van der Waals surface area contributed by atoms with Crippen LogP contribution >= 0.6 is 0 Å². The molecule has 1 unspecified atom stereocenters. The second kappa shape index (κ2) is 9.46. The lowest BCUT2D eigenvalue weighted by Gasteiger charge is -2.17. The SMILES string of the molecule is COc1cc(-c2[nH]c3c(C#N)cnn3c2NC(Cc2ccccc2)C(=O)O)cc(OC)c1OC. The van der Waals surface area contributed by atoms with Crippen LogP contribution in [-0.4, -0.2) is 53.0 Å². The van der Waals surface area contributed by atoms with Gasteiger partial charge < -0.3 is 29.6 Å². The molecule has 0 saturated carbocycles. The van der Waals surface area contributed by atoms with E-state index in [1.54, 1.807) is 12.1 Å². The summed E-state index contributed by atoms with van der Waals surface area (Å²) >= 11 is 0. The second-order valence-corrected chi connectivity index (χ2v) is 7.42. The third kappa shape index (κ3) is 4.06. The Morgan fingerprint density at radius 1 is 1.18 bits per heavy atom. The van der Waals surface area contributed by atoms with E-state index in [1.165, 1.54) is 32.0 Å². The predicted molar refractivity (Wildman–Crippen MR) is 125 cm³/mol. The molecule has 10 heteroatoms. The number of nitriles is 1. The Bertz CT molecular complexity index is 1340. The average molecular weight is 461 g/mol. The smallest absolute Gasteiger partial charge is 0.326 e. The summed E-state index contributed by atoms with van der Waals surface area (Å²) in [5.41, 5.74) is 2.74. The number of methoxy groups -OCH3 is 3. The van der Waals surface area contributed by atoms with Crippen LogP contribution in [0.3, 0.4) is 0 Å². The maximum absolute atomic E-state index is 12.1. The zero-order valence-corrected chi connectivity index (χ0v) is 18.8. The van der Waals surface area contributed by atoms with Crippen LogP contribution in [-0.2, 0) is 11.2 Å². The first kappa shape index (κ1) is 22.5. The van der Waals surface area contributed by atoms with Gasteiger partial charge in [-0.25, -0.2) is 4.79 Å². The number of aliphatic carboxylic acids is 1. The molecular formula is C24H23N5O5.